The number of nitrogens with zero attached hydrogens (tertiary/aromatic N) is 1. The normalized spacial score (nSPS) is 10.5. The molecule has 3 aromatic rings. The molecule has 0 atom stereocenters. The van der Waals surface area contributed by atoms with Gasteiger partial charge in [0.2, 0.25) is 0 Å². The van der Waals surface area contributed by atoms with Gasteiger partial charge < -0.3 is 15.5 Å². The maximum Gasteiger partial charge on any atom is 0.262 e. The molecule has 0 aliphatic rings. The Morgan fingerprint density at radius 1 is 1.12 bits per heavy atom. The zero-order valence-corrected chi connectivity index (χ0v) is 12.9. The minimum atomic E-state index is -1.04. The number of carbonyl (C=O) groups is 1. The molecule has 25 heavy (non-hydrogen) atoms. The first kappa shape index (κ1) is 16.6. The van der Waals surface area contributed by atoms with Crippen molar-refractivity contribution in [2.24, 2.45) is 5.84 Å². The van der Waals surface area contributed by atoms with Gasteiger partial charge in [-0.25, -0.2) is 19.6 Å². The number of fused-ring (bicyclic) bond motifs is 1. The lowest BCUT2D eigenvalue weighted by atomic mass is 10.2. The van der Waals surface area contributed by atoms with E-state index in [0.29, 0.717) is 17.1 Å². The number of nitrogen functional groups attached to an aromatic ring is 1. The van der Waals surface area contributed by atoms with Gasteiger partial charge in [-0.2, -0.15) is 0 Å². The number of rotatable bonds is 5. The van der Waals surface area contributed by atoms with Crippen LogP contribution in [0.5, 0.6) is 5.75 Å². The van der Waals surface area contributed by atoms with Crippen LogP contribution in [0.2, 0.25) is 0 Å². The smallest absolute Gasteiger partial charge is 0.262 e. The number of carbonyl (C=O) groups excluding carboxylic acids is 1. The van der Waals surface area contributed by atoms with E-state index in [-0.39, 0.29) is 12.3 Å². The number of pyridine rings is 1. The first-order valence-electron chi connectivity index (χ1n) is 7.31. The number of nitrogens with two attached hydrogens (primary N) is 1. The number of anilines is 2. The van der Waals surface area contributed by atoms with Crippen LogP contribution in [-0.4, -0.2) is 17.5 Å². The molecule has 0 aliphatic carbocycles. The van der Waals surface area contributed by atoms with Gasteiger partial charge in [0.15, 0.2) is 18.2 Å². The molecule has 6 nitrogen and oxygen atoms in total. The standard InChI is InChI=1S/C17H14F2N4O2/c18-12-6-5-11(8-13(12)19)21-16(24)9-25-14-3-1-2-10-4-7-15(23-20)22-17(10)14/h1-8H,9,20H2,(H,21,24)(H,22,23). The lowest BCUT2D eigenvalue weighted by Gasteiger charge is -2.10. The Labute approximate surface area is 141 Å². The average molecular weight is 344 g/mol. The Kier molecular flexibility index (Phi) is 4.71. The zero-order chi connectivity index (χ0) is 17.8. The Morgan fingerprint density at radius 2 is 1.96 bits per heavy atom. The number of nitrogens with one attached hydrogen (secondary N) is 2. The van der Waals surface area contributed by atoms with E-state index in [1.165, 1.54) is 6.07 Å². The van der Waals surface area contributed by atoms with E-state index >= 15 is 0 Å². The highest BCUT2D eigenvalue weighted by Gasteiger charge is 2.09. The molecule has 0 saturated heterocycles. The van der Waals surface area contributed by atoms with Crippen LogP contribution in [-0.2, 0) is 4.79 Å². The molecule has 0 saturated carbocycles. The first-order chi connectivity index (χ1) is 12.1. The molecule has 1 amide bonds. The van der Waals surface area contributed by atoms with Crippen LogP contribution in [0.3, 0.4) is 0 Å². The van der Waals surface area contributed by atoms with Crippen molar-refractivity contribution in [1.29, 1.82) is 0 Å². The molecule has 0 bridgehead atoms. The number of hydrogen-bond donors (Lipinski definition) is 3. The SMILES string of the molecule is NNc1ccc2cccc(OCC(=O)Nc3ccc(F)c(F)c3)c2n1. The molecule has 2 aromatic carbocycles. The minimum Gasteiger partial charge on any atom is -0.481 e. The van der Waals surface area contributed by atoms with Gasteiger partial charge >= 0.3 is 0 Å². The molecule has 3 rings (SSSR count). The summed E-state index contributed by atoms with van der Waals surface area (Å²) in [5.41, 5.74) is 3.12. The Hall–Kier alpha value is -3.26. The maximum absolute atomic E-state index is 13.1. The number of aromatic nitrogens is 1. The lowest BCUT2D eigenvalue weighted by Crippen LogP contribution is -2.20. The van der Waals surface area contributed by atoms with Crippen molar-refractivity contribution in [3.05, 3.63) is 60.2 Å². The Morgan fingerprint density at radius 3 is 2.72 bits per heavy atom. The maximum atomic E-state index is 13.1. The molecule has 0 radical (unpaired) electrons. The van der Waals surface area contributed by atoms with Crippen LogP contribution in [0.15, 0.2) is 48.5 Å². The van der Waals surface area contributed by atoms with E-state index in [1.807, 2.05) is 12.1 Å². The van der Waals surface area contributed by atoms with Crippen molar-refractivity contribution < 1.29 is 18.3 Å². The highest BCUT2D eigenvalue weighted by atomic mass is 19.2. The molecular formula is C17H14F2N4O2. The summed E-state index contributed by atoms with van der Waals surface area (Å²) in [6.45, 7) is -0.319. The van der Waals surface area contributed by atoms with Gasteiger partial charge in [-0.15, -0.1) is 0 Å². The quantitative estimate of drug-likeness (QED) is 0.489. The molecule has 4 N–H and O–H groups in total. The largest absolute Gasteiger partial charge is 0.481 e. The third kappa shape index (κ3) is 3.81. The number of para-hydroxylation sites is 1. The fourth-order valence-electron chi connectivity index (χ4n) is 2.23. The van der Waals surface area contributed by atoms with Crippen molar-refractivity contribution in [2.45, 2.75) is 0 Å². The zero-order valence-electron chi connectivity index (χ0n) is 12.9. The van der Waals surface area contributed by atoms with E-state index < -0.39 is 17.5 Å². The average Bonchev–Trinajstić information content (AvgIpc) is 2.62. The van der Waals surface area contributed by atoms with Crippen LogP contribution in [0.1, 0.15) is 0 Å². The van der Waals surface area contributed by atoms with Crippen molar-refractivity contribution in [2.75, 3.05) is 17.3 Å². The number of hydrazine groups is 1. The highest BCUT2D eigenvalue weighted by molar-refractivity contribution is 5.92. The van der Waals surface area contributed by atoms with Crippen molar-refractivity contribution in [3.63, 3.8) is 0 Å². The second kappa shape index (κ2) is 7.10. The molecule has 0 spiro atoms. The summed E-state index contributed by atoms with van der Waals surface area (Å²) in [6, 6.07) is 11.9. The third-order valence-electron chi connectivity index (χ3n) is 3.39. The molecule has 0 aliphatic heterocycles. The summed E-state index contributed by atoms with van der Waals surface area (Å²) >= 11 is 0. The van der Waals surface area contributed by atoms with Gasteiger partial charge in [-0.05, 0) is 30.3 Å². The van der Waals surface area contributed by atoms with Crippen LogP contribution < -0.4 is 21.3 Å². The summed E-state index contributed by atoms with van der Waals surface area (Å²) in [7, 11) is 0. The van der Waals surface area contributed by atoms with E-state index in [9.17, 15) is 13.6 Å². The van der Waals surface area contributed by atoms with Gasteiger partial charge in [-0.1, -0.05) is 12.1 Å². The number of benzene rings is 2. The number of ether oxygens (including phenoxy) is 1. The summed E-state index contributed by atoms with van der Waals surface area (Å²) in [4.78, 5) is 16.2. The molecule has 128 valence electrons. The van der Waals surface area contributed by atoms with E-state index in [1.54, 1.807) is 18.2 Å². The van der Waals surface area contributed by atoms with Gasteiger partial charge in [0.05, 0.1) is 0 Å². The van der Waals surface area contributed by atoms with Crippen LogP contribution in [0.4, 0.5) is 20.3 Å². The fourth-order valence-corrected chi connectivity index (χ4v) is 2.23. The van der Waals surface area contributed by atoms with Gasteiger partial charge in [0.25, 0.3) is 5.91 Å². The molecule has 0 unspecified atom stereocenters. The van der Waals surface area contributed by atoms with Crippen LogP contribution in [0.25, 0.3) is 10.9 Å². The monoisotopic (exact) mass is 344 g/mol. The highest BCUT2D eigenvalue weighted by Crippen LogP contribution is 2.25. The number of amides is 1. The first-order valence-corrected chi connectivity index (χ1v) is 7.31. The van der Waals surface area contributed by atoms with Gasteiger partial charge in [0, 0.05) is 17.1 Å². The second-order valence-corrected chi connectivity index (χ2v) is 5.13. The van der Waals surface area contributed by atoms with Gasteiger partial charge in [0.1, 0.15) is 17.1 Å². The summed E-state index contributed by atoms with van der Waals surface area (Å²) < 4.78 is 31.5. The van der Waals surface area contributed by atoms with E-state index in [0.717, 1.165) is 17.5 Å². The molecular weight excluding hydrogens is 330 g/mol. The summed E-state index contributed by atoms with van der Waals surface area (Å²) in [6.07, 6.45) is 0. The Bertz CT molecular complexity index is 934. The van der Waals surface area contributed by atoms with Gasteiger partial charge in [-0.3, -0.25) is 4.79 Å². The fraction of sp³-hybridized carbons (Fsp3) is 0.0588. The molecule has 0 fully saturated rings. The number of halogens is 2. The predicted octanol–water partition coefficient (Wildman–Crippen LogP) is 2.82. The number of hydrogen-bond acceptors (Lipinski definition) is 5. The molecule has 1 heterocycles. The van der Waals surface area contributed by atoms with Crippen molar-refractivity contribution in [1.82, 2.24) is 4.98 Å². The summed E-state index contributed by atoms with van der Waals surface area (Å²) in [5, 5.41) is 3.24. The lowest BCUT2D eigenvalue weighted by molar-refractivity contribution is -0.118. The van der Waals surface area contributed by atoms with Crippen LogP contribution >= 0.6 is 0 Å². The Balaban J connectivity index is 1.71. The minimum absolute atomic E-state index is 0.137. The van der Waals surface area contributed by atoms with E-state index in [2.05, 4.69) is 15.7 Å². The second-order valence-electron chi connectivity index (χ2n) is 5.13. The van der Waals surface area contributed by atoms with Crippen LogP contribution in [0, 0.1) is 11.6 Å². The predicted molar refractivity (Wildman–Crippen MR) is 90.0 cm³/mol. The molecule has 1 aromatic heterocycles. The third-order valence-corrected chi connectivity index (χ3v) is 3.39. The summed E-state index contributed by atoms with van der Waals surface area (Å²) in [5.74, 6) is 3.65. The topological polar surface area (TPSA) is 89.3 Å². The molecule has 8 heteroatoms. The van der Waals surface area contributed by atoms with Crippen molar-refractivity contribution >= 4 is 28.3 Å². The van der Waals surface area contributed by atoms with Crippen molar-refractivity contribution in [3.8, 4) is 5.75 Å². The van der Waals surface area contributed by atoms with E-state index in [4.69, 9.17) is 10.6 Å².